The highest BCUT2D eigenvalue weighted by Gasteiger charge is 2.16. The van der Waals surface area contributed by atoms with Crippen molar-refractivity contribution < 1.29 is 14.3 Å². The summed E-state index contributed by atoms with van der Waals surface area (Å²) in [5.74, 6) is 0.652. The number of para-hydroxylation sites is 2. The van der Waals surface area contributed by atoms with Gasteiger partial charge in [-0.05, 0) is 42.0 Å². The van der Waals surface area contributed by atoms with E-state index in [2.05, 4.69) is 10.6 Å². The Labute approximate surface area is 176 Å². The zero-order valence-corrected chi connectivity index (χ0v) is 16.9. The second kappa shape index (κ2) is 10.7. The van der Waals surface area contributed by atoms with Crippen LogP contribution in [0.1, 0.15) is 5.56 Å². The SMILES string of the molecule is COc1ccc(CC(=O)NCCN(C(=O)Nc2ccccc2)c2ccccc2)cc1. The van der Waals surface area contributed by atoms with Gasteiger partial charge in [0.05, 0.1) is 13.5 Å². The first kappa shape index (κ1) is 20.9. The van der Waals surface area contributed by atoms with Crippen molar-refractivity contribution in [2.45, 2.75) is 6.42 Å². The summed E-state index contributed by atoms with van der Waals surface area (Å²) in [5.41, 5.74) is 2.37. The van der Waals surface area contributed by atoms with Crippen LogP contribution in [0, 0.1) is 0 Å². The fourth-order valence-electron chi connectivity index (χ4n) is 2.97. The normalized spacial score (nSPS) is 10.2. The summed E-state index contributed by atoms with van der Waals surface area (Å²) in [5, 5.41) is 5.78. The molecule has 3 aromatic carbocycles. The molecule has 0 aliphatic rings. The number of carbonyl (C=O) groups excluding carboxylic acids is 2. The van der Waals surface area contributed by atoms with Crippen LogP contribution in [0.15, 0.2) is 84.9 Å². The van der Waals surface area contributed by atoms with E-state index in [1.54, 1.807) is 12.0 Å². The van der Waals surface area contributed by atoms with Gasteiger partial charge in [0.2, 0.25) is 5.91 Å². The Morgan fingerprint density at radius 2 is 1.50 bits per heavy atom. The van der Waals surface area contributed by atoms with Crippen LogP contribution in [0.25, 0.3) is 0 Å². The topological polar surface area (TPSA) is 70.7 Å². The molecule has 2 N–H and O–H groups in total. The first-order valence-electron chi connectivity index (χ1n) is 9.74. The second-order valence-electron chi connectivity index (χ2n) is 6.66. The standard InChI is InChI=1S/C24H25N3O3/c1-30-22-14-12-19(13-15-22)18-23(28)25-16-17-27(21-10-6-3-7-11-21)24(29)26-20-8-4-2-5-9-20/h2-15H,16-18H2,1H3,(H,25,28)(H,26,29). The molecular formula is C24H25N3O3. The lowest BCUT2D eigenvalue weighted by atomic mass is 10.1. The van der Waals surface area contributed by atoms with E-state index in [0.717, 1.165) is 17.0 Å². The van der Waals surface area contributed by atoms with Gasteiger partial charge in [-0.15, -0.1) is 0 Å². The van der Waals surface area contributed by atoms with Crippen LogP contribution in [0.2, 0.25) is 0 Å². The summed E-state index contributed by atoms with van der Waals surface area (Å²) < 4.78 is 5.13. The third-order valence-corrected chi connectivity index (χ3v) is 4.52. The maximum absolute atomic E-state index is 12.8. The van der Waals surface area contributed by atoms with E-state index in [1.807, 2.05) is 84.9 Å². The number of urea groups is 1. The van der Waals surface area contributed by atoms with Gasteiger partial charge in [0, 0.05) is 24.5 Å². The molecule has 0 heterocycles. The first-order valence-corrected chi connectivity index (χ1v) is 9.74. The smallest absolute Gasteiger partial charge is 0.326 e. The van der Waals surface area contributed by atoms with Crippen molar-refractivity contribution in [2.75, 3.05) is 30.4 Å². The van der Waals surface area contributed by atoms with Gasteiger partial charge in [-0.2, -0.15) is 0 Å². The van der Waals surface area contributed by atoms with Gasteiger partial charge in [-0.3, -0.25) is 9.69 Å². The van der Waals surface area contributed by atoms with Crippen LogP contribution in [-0.2, 0) is 11.2 Å². The minimum Gasteiger partial charge on any atom is -0.497 e. The molecule has 0 spiro atoms. The summed E-state index contributed by atoms with van der Waals surface area (Å²) in [6.07, 6.45) is 0.269. The molecule has 6 heteroatoms. The molecule has 30 heavy (non-hydrogen) atoms. The number of nitrogens with zero attached hydrogens (tertiary/aromatic N) is 1. The molecule has 0 aliphatic carbocycles. The second-order valence-corrected chi connectivity index (χ2v) is 6.66. The van der Waals surface area contributed by atoms with E-state index in [9.17, 15) is 9.59 Å². The lowest BCUT2D eigenvalue weighted by Gasteiger charge is -2.23. The van der Waals surface area contributed by atoms with Crippen molar-refractivity contribution in [1.29, 1.82) is 0 Å². The van der Waals surface area contributed by atoms with Gasteiger partial charge in [0.1, 0.15) is 5.75 Å². The summed E-state index contributed by atoms with van der Waals surface area (Å²) in [4.78, 5) is 26.7. The molecule has 0 aromatic heterocycles. The average Bonchev–Trinajstić information content (AvgIpc) is 2.78. The molecule has 0 saturated carbocycles. The van der Waals surface area contributed by atoms with Crippen molar-refractivity contribution in [1.82, 2.24) is 5.32 Å². The Kier molecular flexibility index (Phi) is 7.44. The minimum atomic E-state index is -0.253. The van der Waals surface area contributed by atoms with Gasteiger partial charge in [-0.25, -0.2) is 4.79 Å². The van der Waals surface area contributed by atoms with Crippen LogP contribution in [-0.4, -0.2) is 32.1 Å². The number of amides is 3. The first-order chi connectivity index (χ1) is 14.7. The predicted octanol–water partition coefficient (Wildman–Crippen LogP) is 4.09. The molecule has 154 valence electrons. The number of carbonyl (C=O) groups is 2. The van der Waals surface area contributed by atoms with Crippen LogP contribution in [0.5, 0.6) is 5.75 Å². The summed E-state index contributed by atoms with van der Waals surface area (Å²) in [6.45, 7) is 0.684. The Hall–Kier alpha value is -3.80. The lowest BCUT2D eigenvalue weighted by molar-refractivity contribution is -0.120. The Morgan fingerprint density at radius 1 is 0.867 bits per heavy atom. The number of benzene rings is 3. The van der Waals surface area contributed by atoms with Crippen molar-refractivity contribution in [3.63, 3.8) is 0 Å². The number of ether oxygens (including phenoxy) is 1. The van der Waals surface area contributed by atoms with E-state index in [4.69, 9.17) is 4.74 Å². The van der Waals surface area contributed by atoms with E-state index in [1.165, 1.54) is 0 Å². The number of nitrogens with one attached hydrogen (secondary N) is 2. The number of methoxy groups -OCH3 is 1. The summed E-state index contributed by atoms with van der Waals surface area (Å²) in [7, 11) is 1.61. The maximum Gasteiger partial charge on any atom is 0.326 e. The number of hydrogen-bond acceptors (Lipinski definition) is 3. The van der Waals surface area contributed by atoms with Gasteiger partial charge in [0.25, 0.3) is 0 Å². The van der Waals surface area contributed by atoms with Crippen molar-refractivity contribution in [3.8, 4) is 5.75 Å². The molecule has 3 amide bonds. The van der Waals surface area contributed by atoms with Gasteiger partial charge in [0.15, 0.2) is 0 Å². The van der Waals surface area contributed by atoms with Crippen molar-refractivity contribution in [3.05, 3.63) is 90.5 Å². The molecule has 0 aliphatic heterocycles. The predicted molar refractivity (Wildman–Crippen MR) is 119 cm³/mol. The van der Waals surface area contributed by atoms with Crippen molar-refractivity contribution in [2.24, 2.45) is 0 Å². The summed E-state index contributed by atoms with van der Waals surface area (Å²) in [6, 6.07) is 25.8. The highest BCUT2D eigenvalue weighted by atomic mass is 16.5. The average molecular weight is 403 g/mol. The summed E-state index contributed by atoms with van der Waals surface area (Å²) >= 11 is 0. The van der Waals surface area contributed by atoms with Gasteiger partial charge in [-0.1, -0.05) is 48.5 Å². The van der Waals surface area contributed by atoms with Crippen LogP contribution < -0.4 is 20.3 Å². The molecule has 0 atom stereocenters. The zero-order chi connectivity index (χ0) is 21.2. The Balaban J connectivity index is 1.57. The number of hydrogen-bond donors (Lipinski definition) is 2. The van der Waals surface area contributed by atoms with E-state index in [0.29, 0.717) is 18.8 Å². The van der Waals surface area contributed by atoms with E-state index < -0.39 is 0 Å². The molecule has 3 aromatic rings. The molecule has 0 bridgehead atoms. The fourth-order valence-corrected chi connectivity index (χ4v) is 2.97. The third-order valence-electron chi connectivity index (χ3n) is 4.52. The quantitative estimate of drug-likeness (QED) is 0.595. The van der Waals surface area contributed by atoms with E-state index in [-0.39, 0.29) is 18.4 Å². The number of anilines is 2. The van der Waals surface area contributed by atoms with Crippen molar-refractivity contribution >= 4 is 23.3 Å². The van der Waals surface area contributed by atoms with Crippen LogP contribution in [0.4, 0.5) is 16.2 Å². The molecule has 0 unspecified atom stereocenters. The Morgan fingerprint density at radius 3 is 2.13 bits per heavy atom. The molecule has 3 rings (SSSR count). The largest absolute Gasteiger partial charge is 0.497 e. The molecule has 0 fully saturated rings. The van der Waals surface area contributed by atoms with Gasteiger partial charge < -0.3 is 15.4 Å². The monoisotopic (exact) mass is 403 g/mol. The maximum atomic E-state index is 12.8. The minimum absolute atomic E-state index is 0.100. The molecular weight excluding hydrogens is 378 g/mol. The Bertz CT molecular complexity index is 944. The van der Waals surface area contributed by atoms with Crippen LogP contribution >= 0.6 is 0 Å². The van der Waals surface area contributed by atoms with Crippen LogP contribution in [0.3, 0.4) is 0 Å². The number of rotatable bonds is 8. The third kappa shape index (κ3) is 6.10. The highest BCUT2D eigenvalue weighted by Crippen LogP contribution is 2.15. The lowest BCUT2D eigenvalue weighted by Crippen LogP contribution is -2.41. The van der Waals surface area contributed by atoms with E-state index >= 15 is 0 Å². The molecule has 0 saturated heterocycles. The zero-order valence-electron chi connectivity index (χ0n) is 16.9. The molecule has 0 radical (unpaired) electrons. The van der Waals surface area contributed by atoms with Gasteiger partial charge >= 0.3 is 6.03 Å². The molecule has 6 nitrogen and oxygen atoms in total. The fraction of sp³-hybridized carbons (Fsp3) is 0.167. The highest BCUT2D eigenvalue weighted by molar-refractivity contribution is 6.01.